The van der Waals surface area contributed by atoms with Gasteiger partial charge in [-0.15, -0.1) is 0 Å². The molecule has 156 valence electrons. The Kier molecular flexibility index (Phi) is 6.28. The van der Waals surface area contributed by atoms with Crippen LogP contribution in [-0.2, 0) is 0 Å². The second-order valence-electron chi connectivity index (χ2n) is 7.24. The molecule has 0 aliphatic rings. The van der Waals surface area contributed by atoms with Crippen molar-refractivity contribution in [1.82, 2.24) is 10.6 Å². The van der Waals surface area contributed by atoms with E-state index in [2.05, 4.69) is 21.3 Å². The Morgan fingerprint density at radius 2 is 0.968 bits per heavy atom. The lowest BCUT2D eigenvalue weighted by Gasteiger charge is -2.10. The molecule has 0 saturated carbocycles. The third-order valence-corrected chi connectivity index (χ3v) is 4.94. The highest BCUT2D eigenvalue weighted by Gasteiger charge is 2.04. The summed E-state index contributed by atoms with van der Waals surface area (Å²) in [6.07, 6.45) is 0.621. The lowest BCUT2D eigenvalue weighted by atomic mass is 10.1. The summed E-state index contributed by atoms with van der Waals surface area (Å²) in [5.41, 5.74) is 1.48. The molecule has 4 aromatic rings. The van der Waals surface area contributed by atoms with E-state index in [-0.39, 0.29) is 12.1 Å². The molecule has 0 unspecified atom stereocenters. The first kappa shape index (κ1) is 20.2. The van der Waals surface area contributed by atoms with E-state index in [4.69, 9.17) is 0 Å². The van der Waals surface area contributed by atoms with Crippen molar-refractivity contribution in [1.29, 1.82) is 0 Å². The number of benzene rings is 4. The molecule has 0 atom stereocenters. The molecule has 4 rings (SSSR count). The number of rotatable bonds is 6. The van der Waals surface area contributed by atoms with E-state index in [9.17, 15) is 9.59 Å². The third kappa shape index (κ3) is 5.51. The Morgan fingerprint density at radius 1 is 0.548 bits per heavy atom. The second-order valence-corrected chi connectivity index (χ2v) is 7.24. The minimum Gasteiger partial charge on any atom is -0.338 e. The Hall–Kier alpha value is -4.06. The number of urea groups is 2. The maximum Gasteiger partial charge on any atom is 0.319 e. The molecule has 0 radical (unpaired) electrons. The molecule has 0 heterocycles. The number of carbonyl (C=O) groups is 2. The number of amides is 4. The molecule has 31 heavy (non-hydrogen) atoms. The fraction of sp³-hybridized carbons (Fsp3) is 0.120. The summed E-state index contributed by atoms with van der Waals surface area (Å²) < 4.78 is 0. The van der Waals surface area contributed by atoms with Crippen molar-refractivity contribution in [3.8, 4) is 0 Å². The van der Waals surface area contributed by atoms with Gasteiger partial charge in [-0.3, -0.25) is 0 Å². The standard InChI is InChI=1S/C25H24N4O2/c30-24(28-22-12-10-18-6-1-3-8-20(18)16-22)26-14-5-15-27-25(31)29-23-13-11-19-7-2-4-9-21(19)17-23/h1-4,6-13,16-17H,5,14-15H2,(H2,26,28,30)(H2,27,29,31). The molecular formula is C25H24N4O2. The Labute approximate surface area is 180 Å². The fourth-order valence-electron chi connectivity index (χ4n) is 3.38. The number of hydrogen-bond acceptors (Lipinski definition) is 2. The van der Waals surface area contributed by atoms with Crippen molar-refractivity contribution >= 4 is 45.0 Å². The number of hydrogen-bond donors (Lipinski definition) is 4. The van der Waals surface area contributed by atoms with Crippen LogP contribution in [0, 0.1) is 0 Å². The Bertz CT molecular complexity index is 1130. The molecule has 0 saturated heterocycles. The molecule has 0 aromatic heterocycles. The highest BCUT2D eigenvalue weighted by molar-refractivity contribution is 5.94. The lowest BCUT2D eigenvalue weighted by Crippen LogP contribution is -2.34. The van der Waals surface area contributed by atoms with Crippen LogP contribution in [0.15, 0.2) is 84.9 Å². The van der Waals surface area contributed by atoms with E-state index in [1.807, 2.05) is 84.9 Å². The average Bonchev–Trinajstić information content (AvgIpc) is 2.78. The first-order chi connectivity index (χ1) is 15.2. The summed E-state index contributed by atoms with van der Waals surface area (Å²) in [6, 6.07) is 27.0. The van der Waals surface area contributed by atoms with Gasteiger partial charge in [0.25, 0.3) is 0 Å². The zero-order chi connectivity index (χ0) is 21.5. The van der Waals surface area contributed by atoms with Crippen molar-refractivity contribution in [3.05, 3.63) is 84.9 Å². The molecule has 4 aromatic carbocycles. The number of fused-ring (bicyclic) bond motifs is 2. The van der Waals surface area contributed by atoms with Crippen LogP contribution in [0.2, 0.25) is 0 Å². The highest BCUT2D eigenvalue weighted by Crippen LogP contribution is 2.19. The molecular weight excluding hydrogens is 388 g/mol. The third-order valence-electron chi connectivity index (χ3n) is 4.94. The van der Waals surface area contributed by atoms with Gasteiger partial charge in [0, 0.05) is 24.5 Å². The van der Waals surface area contributed by atoms with Gasteiger partial charge in [-0.25, -0.2) is 9.59 Å². The summed E-state index contributed by atoms with van der Waals surface area (Å²) in [5, 5.41) is 15.7. The quantitative estimate of drug-likeness (QED) is 0.323. The summed E-state index contributed by atoms with van der Waals surface area (Å²) in [7, 11) is 0. The zero-order valence-electron chi connectivity index (χ0n) is 17.0. The first-order valence-corrected chi connectivity index (χ1v) is 10.2. The van der Waals surface area contributed by atoms with Crippen LogP contribution >= 0.6 is 0 Å². The van der Waals surface area contributed by atoms with Gasteiger partial charge in [0.05, 0.1) is 0 Å². The largest absolute Gasteiger partial charge is 0.338 e. The zero-order valence-corrected chi connectivity index (χ0v) is 17.0. The monoisotopic (exact) mass is 412 g/mol. The van der Waals surface area contributed by atoms with Crippen LogP contribution in [0.1, 0.15) is 6.42 Å². The topological polar surface area (TPSA) is 82.3 Å². The molecule has 0 bridgehead atoms. The highest BCUT2D eigenvalue weighted by atomic mass is 16.2. The Morgan fingerprint density at radius 3 is 1.42 bits per heavy atom. The van der Waals surface area contributed by atoms with E-state index in [1.165, 1.54) is 0 Å². The summed E-state index contributed by atoms with van der Waals surface area (Å²) in [4.78, 5) is 24.1. The van der Waals surface area contributed by atoms with Crippen LogP contribution in [0.5, 0.6) is 0 Å². The van der Waals surface area contributed by atoms with Gasteiger partial charge in [-0.1, -0.05) is 60.7 Å². The van der Waals surface area contributed by atoms with Crippen molar-refractivity contribution in [2.24, 2.45) is 0 Å². The molecule has 0 aliphatic heterocycles. The van der Waals surface area contributed by atoms with Crippen LogP contribution < -0.4 is 21.3 Å². The predicted octanol–water partition coefficient (Wildman–Crippen LogP) is 5.33. The average molecular weight is 412 g/mol. The van der Waals surface area contributed by atoms with E-state index in [0.29, 0.717) is 19.5 Å². The van der Waals surface area contributed by atoms with E-state index < -0.39 is 0 Å². The molecule has 4 N–H and O–H groups in total. The normalized spacial score (nSPS) is 10.6. The van der Waals surface area contributed by atoms with Crippen LogP contribution in [0.25, 0.3) is 21.5 Å². The molecule has 4 amide bonds. The van der Waals surface area contributed by atoms with Crippen LogP contribution in [0.3, 0.4) is 0 Å². The van der Waals surface area contributed by atoms with E-state index >= 15 is 0 Å². The van der Waals surface area contributed by atoms with Gasteiger partial charge in [0.1, 0.15) is 0 Å². The summed E-state index contributed by atoms with van der Waals surface area (Å²) in [5.74, 6) is 0. The van der Waals surface area contributed by atoms with E-state index in [1.54, 1.807) is 0 Å². The van der Waals surface area contributed by atoms with Crippen molar-refractivity contribution in [2.75, 3.05) is 23.7 Å². The van der Waals surface area contributed by atoms with Gasteiger partial charge in [-0.05, 0) is 52.2 Å². The minimum absolute atomic E-state index is 0.268. The van der Waals surface area contributed by atoms with Gasteiger partial charge in [0.2, 0.25) is 0 Å². The smallest absolute Gasteiger partial charge is 0.319 e. The van der Waals surface area contributed by atoms with Crippen molar-refractivity contribution in [3.63, 3.8) is 0 Å². The molecule has 6 heteroatoms. The van der Waals surface area contributed by atoms with Gasteiger partial charge in [-0.2, -0.15) is 0 Å². The summed E-state index contributed by atoms with van der Waals surface area (Å²) >= 11 is 0. The molecule has 6 nitrogen and oxygen atoms in total. The minimum atomic E-state index is -0.268. The number of nitrogens with one attached hydrogen (secondary N) is 4. The maximum atomic E-state index is 12.1. The van der Waals surface area contributed by atoms with Crippen molar-refractivity contribution in [2.45, 2.75) is 6.42 Å². The molecule has 0 spiro atoms. The SMILES string of the molecule is O=C(NCCCNC(=O)Nc1ccc2ccccc2c1)Nc1ccc2ccccc2c1. The lowest BCUT2D eigenvalue weighted by molar-refractivity contribution is 0.251. The van der Waals surface area contributed by atoms with Gasteiger partial charge >= 0.3 is 12.1 Å². The van der Waals surface area contributed by atoms with Gasteiger partial charge < -0.3 is 21.3 Å². The first-order valence-electron chi connectivity index (χ1n) is 10.2. The summed E-state index contributed by atoms with van der Waals surface area (Å²) in [6.45, 7) is 0.908. The number of carbonyl (C=O) groups excluding carboxylic acids is 2. The second kappa shape index (κ2) is 9.63. The predicted molar refractivity (Wildman–Crippen MR) is 127 cm³/mol. The Balaban J connectivity index is 1.16. The molecule has 0 aliphatic carbocycles. The molecule has 0 fully saturated rings. The fourth-order valence-corrected chi connectivity index (χ4v) is 3.38. The van der Waals surface area contributed by atoms with Gasteiger partial charge in [0.15, 0.2) is 0 Å². The van der Waals surface area contributed by atoms with Crippen LogP contribution in [0.4, 0.5) is 21.0 Å². The van der Waals surface area contributed by atoms with Crippen molar-refractivity contribution < 1.29 is 9.59 Å². The van der Waals surface area contributed by atoms with Crippen LogP contribution in [-0.4, -0.2) is 25.2 Å². The maximum absolute atomic E-state index is 12.1. The number of anilines is 2. The van der Waals surface area contributed by atoms with E-state index in [0.717, 1.165) is 32.9 Å².